The van der Waals surface area contributed by atoms with Gasteiger partial charge < -0.3 is 10.0 Å². The van der Waals surface area contributed by atoms with Gasteiger partial charge in [0.25, 0.3) is 0 Å². The van der Waals surface area contributed by atoms with Gasteiger partial charge in [-0.05, 0) is 49.5 Å². The first kappa shape index (κ1) is 23.2. The van der Waals surface area contributed by atoms with Gasteiger partial charge >= 0.3 is 0 Å². The van der Waals surface area contributed by atoms with Crippen LogP contribution in [-0.4, -0.2) is 35.4 Å². The monoisotopic (exact) mass is 425 g/mol. The van der Waals surface area contributed by atoms with E-state index < -0.39 is 0 Å². The molecular weight excluding hydrogens is 390 g/mol. The number of unbranched alkanes of at least 4 members (excludes halogenated alkanes) is 5. The number of benzene rings is 1. The number of ketones is 1. The van der Waals surface area contributed by atoms with Crippen molar-refractivity contribution >= 4 is 22.8 Å². The van der Waals surface area contributed by atoms with E-state index in [0.29, 0.717) is 18.0 Å². The molecule has 0 amide bonds. The zero-order valence-electron chi connectivity index (χ0n) is 16.5. The molecule has 1 aromatic carbocycles. The van der Waals surface area contributed by atoms with Gasteiger partial charge in [-0.25, -0.2) is 0 Å². The van der Waals surface area contributed by atoms with Crippen molar-refractivity contribution in [2.75, 3.05) is 19.6 Å². The molecule has 1 aromatic rings. The normalized spacial score (nSPS) is 20.5. The first-order valence-corrected chi connectivity index (χ1v) is 10.2. The molecule has 1 aliphatic rings. The summed E-state index contributed by atoms with van der Waals surface area (Å²) in [5.74, 6) is 0.983. The van der Waals surface area contributed by atoms with Crippen LogP contribution in [0.2, 0.25) is 0 Å². The summed E-state index contributed by atoms with van der Waals surface area (Å²) in [6.45, 7) is 7.27. The average Bonchev–Trinajstić information content (AvgIpc) is 2.63. The molecule has 0 bridgehead atoms. The maximum absolute atomic E-state index is 12.5. The Labute approximate surface area is 169 Å². The number of nitrogens with zero attached hydrogens (tertiary/aromatic N) is 1. The Morgan fingerprint density at radius 2 is 1.88 bits per heavy atom. The van der Waals surface area contributed by atoms with Crippen LogP contribution in [0.5, 0.6) is 5.75 Å². The van der Waals surface area contributed by atoms with Crippen LogP contribution in [0.4, 0.5) is 0 Å². The number of hydrogen-bond acceptors (Lipinski definition) is 3. The summed E-state index contributed by atoms with van der Waals surface area (Å²) in [7, 11) is 0. The Kier molecular flexibility index (Phi) is 11.1. The third kappa shape index (κ3) is 7.03. The van der Waals surface area contributed by atoms with Crippen molar-refractivity contribution < 1.29 is 9.90 Å². The molecule has 148 valence electrons. The first-order chi connectivity index (χ1) is 12.2. The highest BCUT2D eigenvalue weighted by molar-refractivity contribution is 8.93. The van der Waals surface area contributed by atoms with Crippen LogP contribution < -0.4 is 0 Å². The summed E-state index contributed by atoms with van der Waals surface area (Å²) in [6.07, 6.45) is 9.50. The zero-order chi connectivity index (χ0) is 18.1. The molecule has 2 atom stereocenters. The fourth-order valence-electron chi connectivity index (χ4n) is 4.08. The van der Waals surface area contributed by atoms with Crippen molar-refractivity contribution in [1.29, 1.82) is 0 Å². The molecule has 0 aromatic heterocycles. The second-order valence-corrected chi connectivity index (χ2v) is 7.48. The van der Waals surface area contributed by atoms with Crippen molar-refractivity contribution in [3.8, 4) is 5.75 Å². The summed E-state index contributed by atoms with van der Waals surface area (Å²) < 4.78 is 0. The van der Waals surface area contributed by atoms with Gasteiger partial charge in [0.2, 0.25) is 0 Å². The highest BCUT2D eigenvalue weighted by Crippen LogP contribution is 2.35. The van der Waals surface area contributed by atoms with E-state index in [0.717, 1.165) is 31.6 Å². The molecule has 0 aliphatic carbocycles. The molecule has 1 N–H and O–H groups in total. The molecule has 0 radical (unpaired) electrons. The number of carbonyl (C=O) groups is 1. The van der Waals surface area contributed by atoms with Crippen LogP contribution in [0.1, 0.15) is 76.7 Å². The molecule has 26 heavy (non-hydrogen) atoms. The van der Waals surface area contributed by atoms with Gasteiger partial charge in [0.05, 0.1) is 0 Å². The molecule has 4 heteroatoms. The van der Waals surface area contributed by atoms with Gasteiger partial charge in [0, 0.05) is 18.9 Å². The fraction of sp³-hybridized carbons (Fsp3) is 0.682. The average molecular weight is 426 g/mol. The summed E-state index contributed by atoms with van der Waals surface area (Å²) in [5.41, 5.74) is 1.12. The van der Waals surface area contributed by atoms with Gasteiger partial charge in [-0.2, -0.15) is 0 Å². The molecule has 1 heterocycles. The highest BCUT2D eigenvalue weighted by atomic mass is 79.9. The minimum Gasteiger partial charge on any atom is -0.508 e. The van der Waals surface area contributed by atoms with Crippen molar-refractivity contribution in [1.82, 2.24) is 4.90 Å². The number of rotatable bonds is 10. The largest absolute Gasteiger partial charge is 0.508 e. The quantitative estimate of drug-likeness (QED) is 0.487. The number of piperidine rings is 1. The lowest BCUT2D eigenvalue weighted by Crippen LogP contribution is -2.43. The summed E-state index contributed by atoms with van der Waals surface area (Å²) in [6, 6.07) is 7.49. The summed E-state index contributed by atoms with van der Waals surface area (Å²) >= 11 is 0. The van der Waals surface area contributed by atoms with Crippen molar-refractivity contribution in [3.63, 3.8) is 0 Å². The molecule has 0 saturated carbocycles. The third-order valence-electron chi connectivity index (χ3n) is 5.59. The summed E-state index contributed by atoms with van der Waals surface area (Å²) in [4.78, 5) is 15.0. The van der Waals surface area contributed by atoms with Gasteiger partial charge in [-0.3, -0.25) is 4.79 Å². The Balaban J connectivity index is 0.00000338. The standard InChI is InChI=1S/C22H35NO2.BrH/c1-3-5-6-7-8-9-14-23-15-13-20(21(17-23)22(25)4-2)18-11-10-12-19(24)16-18;/h10-12,16,20-21,24H,3-9,13-15,17H2,1-2H3;1H. The van der Waals surface area contributed by atoms with E-state index in [1.54, 1.807) is 6.07 Å². The molecular formula is C22H36BrNO2. The first-order valence-electron chi connectivity index (χ1n) is 10.2. The van der Waals surface area contributed by atoms with Crippen LogP contribution in [0, 0.1) is 5.92 Å². The highest BCUT2D eigenvalue weighted by Gasteiger charge is 2.34. The topological polar surface area (TPSA) is 40.5 Å². The van der Waals surface area contributed by atoms with E-state index in [2.05, 4.69) is 17.9 Å². The minimum absolute atomic E-state index is 0. The fourth-order valence-corrected chi connectivity index (χ4v) is 4.08. The van der Waals surface area contributed by atoms with E-state index in [4.69, 9.17) is 0 Å². The predicted octanol–water partition coefficient (Wildman–Crippen LogP) is 5.72. The van der Waals surface area contributed by atoms with Crippen LogP contribution in [0.25, 0.3) is 0 Å². The van der Waals surface area contributed by atoms with E-state index in [1.165, 1.54) is 38.5 Å². The number of aromatic hydroxyl groups is 1. The Hall–Kier alpha value is -0.870. The Morgan fingerprint density at radius 1 is 1.15 bits per heavy atom. The van der Waals surface area contributed by atoms with Crippen molar-refractivity contribution in [3.05, 3.63) is 29.8 Å². The van der Waals surface area contributed by atoms with Gasteiger partial charge in [0.15, 0.2) is 0 Å². The van der Waals surface area contributed by atoms with Gasteiger partial charge in [0.1, 0.15) is 11.5 Å². The second-order valence-electron chi connectivity index (χ2n) is 7.48. The SMILES string of the molecule is Br.CCCCCCCCN1CCC(c2cccc(O)c2)C(C(=O)CC)C1. The summed E-state index contributed by atoms with van der Waals surface area (Å²) in [5, 5.41) is 9.79. The lowest BCUT2D eigenvalue weighted by Gasteiger charge is -2.38. The molecule has 3 nitrogen and oxygen atoms in total. The van der Waals surface area contributed by atoms with E-state index in [1.807, 2.05) is 19.1 Å². The smallest absolute Gasteiger partial charge is 0.137 e. The number of likely N-dealkylation sites (tertiary alicyclic amines) is 1. The maximum atomic E-state index is 12.5. The molecule has 1 saturated heterocycles. The van der Waals surface area contributed by atoms with E-state index in [-0.39, 0.29) is 28.8 Å². The van der Waals surface area contributed by atoms with Gasteiger partial charge in [-0.1, -0.05) is 58.1 Å². The molecule has 1 fully saturated rings. The molecule has 2 rings (SSSR count). The third-order valence-corrected chi connectivity index (χ3v) is 5.59. The predicted molar refractivity (Wildman–Crippen MR) is 114 cm³/mol. The minimum atomic E-state index is 0. The van der Waals surface area contributed by atoms with Crippen LogP contribution in [-0.2, 0) is 4.79 Å². The zero-order valence-corrected chi connectivity index (χ0v) is 18.2. The van der Waals surface area contributed by atoms with E-state index >= 15 is 0 Å². The number of phenolic OH excluding ortho intramolecular Hbond substituents is 1. The van der Waals surface area contributed by atoms with Crippen LogP contribution in [0.3, 0.4) is 0 Å². The molecule has 0 spiro atoms. The Morgan fingerprint density at radius 3 is 2.58 bits per heavy atom. The number of hydrogen-bond donors (Lipinski definition) is 1. The number of carbonyl (C=O) groups excluding carboxylic acids is 1. The van der Waals surface area contributed by atoms with E-state index in [9.17, 15) is 9.90 Å². The van der Waals surface area contributed by atoms with Crippen molar-refractivity contribution in [2.24, 2.45) is 5.92 Å². The number of phenols is 1. The Bertz CT molecular complexity index is 535. The lowest BCUT2D eigenvalue weighted by molar-refractivity contribution is -0.125. The second kappa shape index (κ2) is 12.5. The maximum Gasteiger partial charge on any atom is 0.137 e. The van der Waals surface area contributed by atoms with Gasteiger partial charge in [-0.15, -0.1) is 17.0 Å². The number of halogens is 1. The van der Waals surface area contributed by atoms with Crippen molar-refractivity contribution in [2.45, 2.75) is 71.1 Å². The number of Topliss-reactive ketones (excluding diaryl/α,β-unsaturated/α-hetero) is 1. The lowest BCUT2D eigenvalue weighted by atomic mass is 9.77. The van der Waals surface area contributed by atoms with Crippen LogP contribution in [0.15, 0.2) is 24.3 Å². The van der Waals surface area contributed by atoms with Crippen LogP contribution >= 0.6 is 17.0 Å². The molecule has 2 unspecified atom stereocenters. The molecule has 1 aliphatic heterocycles.